The SMILES string of the molecule is Cc1nn(CC2CC2)cc1C(=O)O. The standard InChI is InChI=1S/C9H12N2O2/c1-6-8(9(12)13)5-11(10-6)4-7-2-3-7/h5,7H,2-4H2,1H3,(H,12,13). The maximum Gasteiger partial charge on any atom is 0.339 e. The van der Waals surface area contributed by atoms with Crippen molar-refractivity contribution in [1.82, 2.24) is 9.78 Å². The number of hydrogen-bond acceptors (Lipinski definition) is 2. The maximum atomic E-state index is 10.7. The van der Waals surface area contributed by atoms with Gasteiger partial charge in [0, 0.05) is 12.7 Å². The van der Waals surface area contributed by atoms with Crippen LogP contribution in [0.4, 0.5) is 0 Å². The normalized spacial score (nSPS) is 16.1. The van der Waals surface area contributed by atoms with Crippen LogP contribution in [-0.2, 0) is 6.54 Å². The minimum absolute atomic E-state index is 0.320. The third-order valence-electron chi connectivity index (χ3n) is 2.32. The van der Waals surface area contributed by atoms with Crippen LogP contribution in [0, 0.1) is 12.8 Å². The minimum Gasteiger partial charge on any atom is -0.478 e. The molecule has 0 unspecified atom stereocenters. The summed E-state index contributed by atoms with van der Waals surface area (Å²) in [6.45, 7) is 2.60. The van der Waals surface area contributed by atoms with Crippen LogP contribution >= 0.6 is 0 Å². The fourth-order valence-corrected chi connectivity index (χ4v) is 1.39. The molecule has 1 fully saturated rings. The highest BCUT2D eigenvalue weighted by Gasteiger charge is 2.23. The molecule has 2 rings (SSSR count). The van der Waals surface area contributed by atoms with Crippen molar-refractivity contribution in [2.45, 2.75) is 26.3 Å². The fourth-order valence-electron chi connectivity index (χ4n) is 1.39. The molecule has 4 nitrogen and oxygen atoms in total. The monoisotopic (exact) mass is 180 g/mol. The lowest BCUT2D eigenvalue weighted by atomic mass is 10.3. The van der Waals surface area contributed by atoms with Gasteiger partial charge in [-0.2, -0.15) is 5.10 Å². The Morgan fingerprint density at radius 3 is 2.92 bits per heavy atom. The number of nitrogens with zero attached hydrogens (tertiary/aromatic N) is 2. The van der Waals surface area contributed by atoms with Crippen LogP contribution in [-0.4, -0.2) is 20.9 Å². The maximum absolute atomic E-state index is 10.7. The zero-order valence-electron chi connectivity index (χ0n) is 7.53. The molecule has 1 aliphatic rings. The number of carbonyl (C=O) groups is 1. The Balaban J connectivity index is 2.18. The van der Waals surface area contributed by atoms with Crippen LogP contribution in [0.1, 0.15) is 28.9 Å². The van der Waals surface area contributed by atoms with Crippen molar-refractivity contribution in [3.63, 3.8) is 0 Å². The Kier molecular flexibility index (Phi) is 1.83. The van der Waals surface area contributed by atoms with E-state index in [4.69, 9.17) is 5.11 Å². The summed E-state index contributed by atoms with van der Waals surface area (Å²) in [7, 11) is 0. The molecule has 0 spiro atoms. The molecule has 0 saturated heterocycles. The third kappa shape index (κ3) is 1.71. The zero-order valence-corrected chi connectivity index (χ0v) is 7.53. The first-order valence-corrected chi connectivity index (χ1v) is 4.44. The van der Waals surface area contributed by atoms with Crippen LogP contribution < -0.4 is 0 Å². The summed E-state index contributed by atoms with van der Waals surface area (Å²) in [5, 5.41) is 12.9. The van der Waals surface area contributed by atoms with E-state index < -0.39 is 5.97 Å². The molecule has 1 aromatic rings. The molecule has 0 atom stereocenters. The molecule has 0 radical (unpaired) electrons. The predicted molar refractivity (Wildman–Crippen MR) is 46.6 cm³/mol. The predicted octanol–water partition coefficient (Wildman–Crippen LogP) is 1.30. The number of rotatable bonds is 3. The number of carboxylic acid groups (broad SMARTS) is 1. The summed E-state index contributed by atoms with van der Waals surface area (Å²) in [6, 6.07) is 0. The molecule has 4 heteroatoms. The molecular formula is C9H12N2O2. The minimum atomic E-state index is -0.889. The van der Waals surface area contributed by atoms with E-state index in [1.807, 2.05) is 0 Å². The summed E-state index contributed by atoms with van der Waals surface area (Å²) in [5.41, 5.74) is 0.925. The van der Waals surface area contributed by atoms with E-state index in [1.165, 1.54) is 12.8 Å². The smallest absolute Gasteiger partial charge is 0.339 e. The highest BCUT2D eigenvalue weighted by atomic mass is 16.4. The van der Waals surface area contributed by atoms with Gasteiger partial charge in [0.05, 0.1) is 5.69 Å². The van der Waals surface area contributed by atoms with Gasteiger partial charge < -0.3 is 5.11 Å². The lowest BCUT2D eigenvalue weighted by Crippen LogP contribution is -2.00. The van der Waals surface area contributed by atoms with E-state index in [2.05, 4.69) is 5.10 Å². The second kappa shape index (κ2) is 2.87. The Morgan fingerprint density at radius 2 is 2.46 bits per heavy atom. The second-order valence-corrected chi connectivity index (χ2v) is 3.60. The molecule has 0 bridgehead atoms. The number of carboxylic acids is 1. The molecule has 0 aromatic carbocycles. The highest BCUT2D eigenvalue weighted by molar-refractivity contribution is 5.88. The summed E-state index contributed by atoms with van der Waals surface area (Å²) in [5.74, 6) is -0.166. The van der Waals surface area contributed by atoms with Gasteiger partial charge in [0.2, 0.25) is 0 Å². The molecule has 1 aromatic heterocycles. The summed E-state index contributed by atoms with van der Waals surface area (Å²) in [4.78, 5) is 10.7. The van der Waals surface area contributed by atoms with Crippen molar-refractivity contribution < 1.29 is 9.90 Å². The zero-order chi connectivity index (χ0) is 9.42. The van der Waals surface area contributed by atoms with Gasteiger partial charge in [-0.25, -0.2) is 4.79 Å². The van der Waals surface area contributed by atoms with E-state index in [-0.39, 0.29) is 0 Å². The van der Waals surface area contributed by atoms with E-state index >= 15 is 0 Å². The van der Waals surface area contributed by atoms with Gasteiger partial charge >= 0.3 is 5.97 Å². The average Bonchev–Trinajstić information content (AvgIpc) is 2.75. The first kappa shape index (κ1) is 8.29. The molecule has 1 heterocycles. The number of aryl methyl sites for hydroxylation is 1. The van der Waals surface area contributed by atoms with Crippen molar-refractivity contribution in [2.75, 3.05) is 0 Å². The van der Waals surface area contributed by atoms with Crippen LogP contribution in [0.25, 0.3) is 0 Å². The highest BCUT2D eigenvalue weighted by Crippen LogP contribution is 2.30. The Hall–Kier alpha value is -1.32. The van der Waals surface area contributed by atoms with Gasteiger partial charge in [0.1, 0.15) is 5.56 Å². The van der Waals surface area contributed by atoms with E-state index in [0.717, 1.165) is 12.5 Å². The first-order chi connectivity index (χ1) is 6.16. The molecule has 13 heavy (non-hydrogen) atoms. The third-order valence-corrected chi connectivity index (χ3v) is 2.32. The summed E-state index contributed by atoms with van der Waals surface area (Å²) >= 11 is 0. The number of hydrogen-bond donors (Lipinski definition) is 1. The van der Waals surface area contributed by atoms with Crippen molar-refractivity contribution in [3.8, 4) is 0 Å². The first-order valence-electron chi connectivity index (χ1n) is 4.44. The van der Waals surface area contributed by atoms with Crippen LogP contribution in [0.15, 0.2) is 6.20 Å². The Labute approximate surface area is 76.2 Å². The van der Waals surface area contributed by atoms with Gasteiger partial charge in [0.25, 0.3) is 0 Å². The van der Waals surface area contributed by atoms with Crippen molar-refractivity contribution >= 4 is 5.97 Å². The second-order valence-electron chi connectivity index (χ2n) is 3.60. The van der Waals surface area contributed by atoms with E-state index in [1.54, 1.807) is 17.8 Å². The summed E-state index contributed by atoms with van der Waals surface area (Å²) < 4.78 is 1.75. The molecular weight excluding hydrogens is 168 g/mol. The quantitative estimate of drug-likeness (QED) is 0.762. The molecule has 1 aliphatic carbocycles. The molecule has 0 amide bonds. The van der Waals surface area contributed by atoms with Crippen molar-refractivity contribution in [1.29, 1.82) is 0 Å². The van der Waals surface area contributed by atoms with E-state index in [0.29, 0.717) is 11.3 Å². The van der Waals surface area contributed by atoms with Gasteiger partial charge in [-0.3, -0.25) is 4.68 Å². The molecule has 0 aliphatic heterocycles. The van der Waals surface area contributed by atoms with E-state index in [9.17, 15) is 4.79 Å². The van der Waals surface area contributed by atoms with Gasteiger partial charge in [-0.15, -0.1) is 0 Å². The van der Waals surface area contributed by atoms with Gasteiger partial charge in [-0.1, -0.05) is 0 Å². The molecule has 1 N–H and O–H groups in total. The Bertz CT molecular complexity index is 339. The largest absolute Gasteiger partial charge is 0.478 e. The lowest BCUT2D eigenvalue weighted by molar-refractivity contribution is 0.0696. The van der Waals surface area contributed by atoms with Gasteiger partial charge in [-0.05, 0) is 25.7 Å². The molecule has 1 saturated carbocycles. The lowest BCUT2D eigenvalue weighted by Gasteiger charge is -1.95. The number of aromatic nitrogens is 2. The van der Waals surface area contributed by atoms with Crippen LogP contribution in [0.2, 0.25) is 0 Å². The van der Waals surface area contributed by atoms with Crippen LogP contribution in [0.3, 0.4) is 0 Å². The average molecular weight is 180 g/mol. The Morgan fingerprint density at radius 1 is 1.77 bits per heavy atom. The van der Waals surface area contributed by atoms with Gasteiger partial charge in [0.15, 0.2) is 0 Å². The fraction of sp³-hybridized carbons (Fsp3) is 0.556. The summed E-state index contributed by atoms with van der Waals surface area (Å²) in [6.07, 6.45) is 4.12. The van der Waals surface area contributed by atoms with Crippen LogP contribution in [0.5, 0.6) is 0 Å². The van der Waals surface area contributed by atoms with Crippen molar-refractivity contribution in [2.24, 2.45) is 5.92 Å². The molecule has 70 valence electrons. The number of aromatic carboxylic acids is 1. The van der Waals surface area contributed by atoms with Crippen molar-refractivity contribution in [3.05, 3.63) is 17.5 Å². The topological polar surface area (TPSA) is 55.1 Å².